The lowest BCUT2D eigenvalue weighted by Crippen LogP contribution is -2.40. The van der Waals surface area contributed by atoms with E-state index in [9.17, 15) is 5.11 Å². The number of aliphatic hydroxyl groups is 1. The van der Waals surface area contributed by atoms with Crippen LogP contribution >= 0.6 is 35.6 Å². The molecular formula is C13H20Cl3NO. The summed E-state index contributed by atoms with van der Waals surface area (Å²) in [7, 11) is 0. The van der Waals surface area contributed by atoms with E-state index < -0.39 is 6.10 Å². The van der Waals surface area contributed by atoms with Crippen molar-refractivity contribution >= 4 is 35.6 Å². The van der Waals surface area contributed by atoms with Crippen LogP contribution in [0.3, 0.4) is 0 Å². The second-order valence-corrected chi connectivity index (χ2v) is 5.62. The van der Waals surface area contributed by atoms with Gasteiger partial charge in [0.25, 0.3) is 0 Å². The van der Waals surface area contributed by atoms with Crippen LogP contribution in [0, 0.1) is 0 Å². The van der Waals surface area contributed by atoms with Crippen molar-refractivity contribution in [2.24, 2.45) is 0 Å². The number of halogens is 3. The Hall–Kier alpha value is 0.01000. The highest BCUT2D eigenvalue weighted by molar-refractivity contribution is 6.42. The highest BCUT2D eigenvalue weighted by atomic mass is 35.5. The fourth-order valence-electron chi connectivity index (χ4n) is 1.34. The molecular weight excluding hydrogens is 293 g/mol. The third-order valence-electron chi connectivity index (χ3n) is 2.99. The van der Waals surface area contributed by atoms with Gasteiger partial charge in [-0.15, -0.1) is 12.4 Å². The summed E-state index contributed by atoms with van der Waals surface area (Å²) in [6.45, 7) is 6.82. The summed E-state index contributed by atoms with van der Waals surface area (Å²) in [6, 6.07) is 5.20. The SMILES string of the molecule is CCC(C)(C)NCC(O)c1ccc(Cl)c(Cl)c1.Cl. The zero-order valence-corrected chi connectivity index (χ0v) is 13.2. The van der Waals surface area contributed by atoms with E-state index in [1.165, 1.54) is 0 Å². The van der Waals surface area contributed by atoms with Crippen LogP contribution in [0.15, 0.2) is 18.2 Å². The number of β-amino-alcohol motifs (C(OH)–C–C–N with tert-alkyl or cyclic N) is 1. The first-order valence-corrected chi connectivity index (χ1v) is 6.49. The monoisotopic (exact) mass is 311 g/mol. The lowest BCUT2D eigenvalue weighted by atomic mass is 10.0. The average molecular weight is 313 g/mol. The van der Waals surface area contributed by atoms with Crippen molar-refractivity contribution in [3.05, 3.63) is 33.8 Å². The van der Waals surface area contributed by atoms with Crippen molar-refractivity contribution in [3.8, 4) is 0 Å². The molecule has 1 atom stereocenters. The molecule has 0 saturated carbocycles. The van der Waals surface area contributed by atoms with Crippen LogP contribution in [0.25, 0.3) is 0 Å². The third kappa shape index (κ3) is 5.33. The number of hydrogen-bond donors (Lipinski definition) is 2. The summed E-state index contributed by atoms with van der Waals surface area (Å²) in [4.78, 5) is 0. The predicted octanol–water partition coefficient (Wildman–Crippen LogP) is 4.23. The molecule has 1 rings (SSSR count). The predicted molar refractivity (Wildman–Crippen MR) is 81.0 cm³/mol. The molecule has 0 aromatic heterocycles. The van der Waals surface area contributed by atoms with Gasteiger partial charge in [0.1, 0.15) is 0 Å². The van der Waals surface area contributed by atoms with Gasteiger partial charge in [-0.25, -0.2) is 0 Å². The van der Waals surface area contributed by atoms with Crippen molar-refractivity contribution in [2.75, 3.05) is 6.54 Å². The van der Waals surface area contributed by atoms with Gasteiger partial charge in [0.15, 0.2) is 0 Å². The van der Waals surface area contributed by atoms with Gasteiger partial charge in [0.2, 0.25) is 0 Å². The van der Waals surface area contributed by atoms with E-state index in [0.717, 1.165) is 12.0 Å². The molecule has 0 heterocycles. The molecule has 1 aromatic rings. The summed E-state index contributed by atoms with van der Waals surface area (Å²) in [6.07, 6.45) is 0.428. The van der Waals surface area contributed by atoms with E-state index in [1.807, 2.05) is 0 Å². The van der Waals surface area contributed by atoms with Gasteiger partial charge in [-0.3, -0.25) is 0 Å². The van der Waals surface area contributed by atoms with Crippen molar-refractivity contribution in [1.29, 1.82) is 0 Å². The summed E-state index contributed by atoms with van der Waals surface area (Å²) in [5, 5.41) is 14.3. The Morgan fingerprint density at radius 3 is 2.39 bits per heavy atom. The smallest absolute Gasteiger partial charge is 0.0915 e. The Morgan fingerprint density at radius 1 is 1.28 bits per heavy atom. The van der Waals surface area contributed by atoms with Gasteiger partial charge in [-0.2, -0.15) is 0 Å². The minimum Gasteiger partial charge on any atom is -0.387 e. The minimum atomic E-state index is -0.574. The van der Waals surface area contributed by atoms with Crippen LogP contribution in [0.1, 0.15) is 38.9 Å². The maximum Gasteiger partial charge on any atom is 0.0915 e. The lowest BCUT2D eigenvalue weighted by molar-refractivity contribution is 0.160. The molecule has 0 radical (unpaired) electrons. The zero-order valence-electron chi connectivity index (χ0n) is 10.8. The highest BCUT2D eigenvalue weighted by Gasteiger charge is 2.17. The van der Waals surface area contributed by atoms with Crippen LogP contribution in [-0.2, 0) is 0 Å². The first kappa shape index (κ1) is 18.0. The molecule has 0 amide bonds. The summed E-state index contributed by atoms with van der Waals surface area (Å²) >= 11 is 11.7. The Labute approximate surface area is 125 Å². The van der Waals surface area contributed by atoms with E-state index >= 15 is 0 Å². The largest absolute Gasteiger partial charge is 0.387 e. The van der Waals surface area contributed by atoms with E-state index in [-0.39, 0.29) is 17.9 Å². The first-order valence-electron chi connectivity index (χ1n) is 5.74. The van der Waals surface area contributed by atoms with Crippen LogP contribution in [0.5, 0.6) is 0 Å². The van der Waals surface area contributed by atoms with Gasteiger partial charge >= 0.3 is 0 Å². The van der Waals surface area contributed by atoms with E-state index in [1.54, 1.807) is 18.2 Å². The Morgan fingerprint density at radius 2 is 1.89 bits per heavy atom. The van der Waals surface area contributed by atoms with Crippen molar-refractivity contribution in [1.82, 2.24) is 5.32 Å². The molecule has 2 N–H and O–H groups in total. The third-order valence-corrected chi connectivity index (χ3v) is 3.73. The van der Waals surface area contributed by atoms with Crippen LogP contribution in [0.4, 0.5) is 0 Å². The number of nitrogens with one attached hydrogen (secondary N) is 1. The molecule has 0 aliphatic carbocycles. The van der Waals surface area contributed by atoms with E-state index in [2.05, 4.69) is 26.1 Å². The van der Waals surface area contributed by atoms with Crippen LogP contribution in [-0.4, -0.2) is 17.2 Å². The van der Waals surface area contributed by atoms with Crippen LogP contribution < -0.4 is 5.32 Å². The summed E-state index contributed by atoms with van der Waals surface area (Å²) in [5.74, 6) is 0. The molecule has 18 heavy (non-hydrogen) atoms. The molecule has 2 nitrogen and oxygen atoms in total. The average Bonchev–Trinajstić information content (AvgIpc) is 2.30. The Bertz CT molecular complexity index is 382. The molecule has 0 fully saturated rings. The summed E-state index contributed by atoms with van der Waals surface area (Å²) in [5.41, 5.74) is 0.802. The van der Waals surface area contributed by atoms with Gasteiger partial charge in [-0.1, -0.05) is 36.2 Å². The molecule has 1 unspecified atom stereocenters. The van der Waals surface area contributed by atoms with Crippen molar-refractivity contribution in [3.63, 3.8) is 0 Å². The second-order valence-electron chi connectivity index (χ2n) is 4.81. The highest BCUT2D eigenvalue weighted by Crippen LogP contribution is 2.25. The van der Waals surface area contributed by atoms with Crippen molar-refractivity contribution in [2.45, 2.75) is 38.8 Å². The molecule has 5 heteroatoms. The number of rotatable bonds is 5. The molecule has 0 saturated heterocycles. The summed E-state index contributed by atoms with van der Waals surface area (Å²) < 4.78 is 0. The maximum atomic E-state index is 10.0. The zero-order chi connectivity index (χ0) is 13.1. The lowest BCUT2D eigenvalue weighted by Gasteiger charge is -2.26. The first-order chi connectivity index (χ1) is 7.85. The fraction of sp³-hybridized carbons (Fsp3) is 0.538. The molecule has 0 bridgehead atoms. The maximum absolute atomic E-state index is 10.0. The number of aliphatic hydroxyl groups excluding tert-OH is 1. The minimum absolute atomic E-state index is 0. The van der Waals surface area contributed by atoms with Gasteiger partial charge in [0, 0.05) is 12.1 Å². The van der Waals surface area contributed by atoms with Crippen molar-refractivity contribution < 1.29 is 5.11 Å². The van der Waals surface area contributed by atoms with Gasteiger partial charge in [0.05, 0.1) is 16.1 Å². The molecule has 0 spiro atoms. The molecule has 0 aliphatic heterocycles. The van der Waals surface area contributed by atoms with Gasteiger partial charge < -0.3 is 10.4 Å². The standard InChI is InChI=1S/C13H19Cl2NO.ClH/c1-4-13(2,3)16-8-12(17)9-5-6-10(14)11(15)7-9;/h5-7,12,16-17H,4,8H2,1-3H3;1H. The molecule has 104 valence electrons. The topological polar surface area (TPSA) is 32.3 Å². The van der Waals surface area contributed by atoms with Gasteiger partial charge in [-0.05, 0) is 38.0 Å². The fourth-order valence-corrected chi connectivity index (χ4v) is 1.64. The Balaban J connectivity index is 0.00000289. The Kier molecular flexibility index (Phi) is 7.57. The van der Waals surface area contributed by atoms with E-state index in [4.69, 9.17) is 23.2 Å². The number of hydrogen-bond acceptors (Lipinski definition) is 2. The van der Waals surface area contributed by atoms with E-state index in [0.29, 0.717) is 16.6 Å². The quantitative estimate of drug-likeness (QED) is 0.853. The van der Waals surface area contributed by atoms with Crippen LogP contribution in [0.2, 0.25) is 10.0 Å². The number of benzene rings is 1. The molecule has 1 aromatic carbocycles. The molecule has 0 aliphatic rings. The second kappa shape index (κ2) is 7.56. The normalized spacial score (nSPS) is 13.0.